The second-order valence-electron chi connectivity index (χ2n) is 5.71. The Morgan fingerprint density at radius 2 is 2.33 bits per heavy atom. The highest BCUT2D eigenvalue weighted by Crippen LogP contribution is 2.16. The van der Waals surface area contributed by atoms with Gasteiger partial charge in [-0.1, -0.05) is 0 Å². The third-order valence-corrected chi connectivity index (χ3v) is 3.85. The van der Waals surface area contributed by atoms with Crippen LogP contribution in [0.5, 0.6) is 5.88 Å². The van der Waals surface area contributed by atoms with Crippen molar-refractivity contribution in [3.63, 3.8) is 0 Å². The standard InChI is InChI=1S/C17H22N4O3/c1-2-23-16-7-6-13(9-18-16)17(22)20-14-10-19-21(11-14)12-15-5-3-4-8-24-15/h6-7,9-11,15H,2-5,8,12H2,1H3,(H,20,22)/t15-/m0/s1. The van der Waals surface area contributed by atoms with E-state index in [1.54, 1.807) is 18.3 Å². The molecule has 1 atom stereocenters. The summed E-state index contributed by atoms with van der Waals surface area (Å²) in [4.78, 5) is 16.3. The first-order valence-corrected chi connectivity index (χ1v) is 8.29. The second-order valence-corrected chi connectivity index (χ2v) is 5.71. The molecule has 7 nitrogen and oxygen atoms in total. The molecule has 1 aliphatic rings. The van der Waals surface area contributed by atoms with Crippen molar-refractivity contribution in [1.29, 1.82) is 0 Å². The predicted octanol–water partition coefficient (Wildman–Crippen LogP) is 2.50. The molecule has 1 aliphatic heterocycles. The third kappa shape index (κ3) is 4.32. The van der Waals surface area contributed by atoms with Crippen LogP contribution in [0.2, 0.25) is 0 Å². The van der Waals surface area contributed by atoms with Crippen LogP contribution in [0.1, 0.15) is 36.5 Å². The number of anilines is 1. The van der Waals surface area contributed by atoms with Crippen molar-refractivity contribution in [2.75, 3.05) is 18.5 Å². The van der Waals surface area contributed by atoms with Crippen molar-refractivity contribution in [3.8, 4) is 5.88 Å². The highest BCUT2D eigenvalue weighted by molar-refractivity contribution is 6.03. The van der Waals surface area contributed by atoms with Crippen LogP contribution in [-0.2, 0) is 11.3 Å². The van der Waals surface area contributed by atoms with Crippen molar-refractivity contribution in [1.82, 2.24) is 14.8 Å². The molecule has 3 heterocycles. The summed E-state index contributed by atoms with van der Waals surface area (Å²) in [6, 6.07) is 3.37. The van der Waals surface area contributed by atoms with Gasteiger partial charge < -0.3 is 14.8 Å². The fourth-order valence-corrected chi connectivity index (χ4v) is 2.64. The zero-order valence-corrected chi connectivity index (χ0v) is 13.8. The number of pyridine rings is 1. The number of ether oxygens (including phenoxy) is 2. The molecule has 24 heavy (non-hydrogen) atoms. The van der Waals surface area contributed by atoms with Gasteiger partial charge in [0.2, 0.25) is 5.88 Å². The third-order valence-electron chi connectivity index (χ3n) is 3.85. The number of carbonyl (C=O) groups excluding carboxylic acids is 1. The van der Waals surface area contributed by atoms with E-state index in [-0.39, 0.29) is 12.0 Å². The highest BCUT2D eigenvalue weighted by Gasteiger charge is 2.15. The number of nitrogens with zero attached hydrogens (tertiary/aromatic N) is 3. The van der Waals surface area contributed by atoms with Crippen LogP contribution in [0.3, 0.4) is 0 Å². The maximum Gasteiger partial charge on any atom is 0.257 e. The fraction of sp³-hybridized carbons (Fsp3) is 0.471. The van der Waals surface area contributed by atoms with Crippen LogP contribution in [0.25, 0.3) is 0 Å². The number of rotatable bonds is 6. The van der Waals surface area contributed by atoms with Gasteiger partial charge in [0.25, 0.3) is 5.91 Å². The Bertz CT molecular complexity index is 663. The molecular weight excluding hydrogens is 308 g/mol. The quantitative estimate of drug-likeness (QED) is 0.880. The van der Waals surface area contributed by atoms with E-state index in [2.05, 4.69) is 15.4 Å². The molecule has 1 fully saturated rings. The summed E-state index contributed by atoms with van der Waals surface area (Å²) < 4.78 is 12.8. The molecule has 0 unspecified atom stereocenters. The van der Waals surface area contributed by atoms with E-state index in [0.29, 0.717) is 30.3 Å². The van der Waals surface area contributed by atoms with Crippen LogP contribution in [0, 0.1) is 0 Å². The van der Waals surface area contributed by atoms with Crippen LogP contribution in [-0.4, -0.2) is 40.0 Å². The molecule has 0 saturated carbocycles. The Balaban J connectivity index is 1.56. The molecule has 1 saturated heterocycles. The summed E-state index contributed by atoms with van der Waals surface area (Å²) in [5.41, 5.74) is 1.13. The van der Waals surface area contributed by atoms with E-state index in [1.165, 1.54) is 12.6 Å². The predicted molar refractivity (Wildman–Crippen MR) is 89.2 cm³/mol. The molecule has 0 spiro atoms. The maximum absolute atomic E-state index is 12.2. The molecule has 0 bridgehead atoms. The number of amides is 1. The Kier molecular flexibility index (Phi) is 5.43. The first-order valence-electron chi connectivity index (χ1n) is 8.29. The molecule has 3 rings (SSSR count). The molecule has 2 aromatic heterocycles. The zero-order chi connectivity index (χ0) is 16.8. The molecule has 0 radical (unpaired) electrons. The maximum atomic E-state index is 12.2. The number of aromatic nitrogens is 3. The van der Waals surface area contributed by atoms with Gasteiger partial charge in [-0.05, 0) is 32.3 Å². The molecule has 128 valence electrons. The minimum atomic E-state index is -0.223. The number of nitrogens with one attached hydrogen (secondary N) is 1. The van der Waals surface area contributed by atoms with Gasteiger partial charge in [-0.15, -0.1) is 0 Å². The molecule has 7 heteroatoms. The van der Waals surface area contributed by atoms with Gasteiger partial charge in [0.15, 0.2) is 0 Å². The SMILES string of the molecule is CCOc1ccc(C(=O)Nc2cnn(C[C@@H]3CCCCO3)c2)cn1. The molecule has 2 aromatic rings. The van der Waals surface area contributed by atoms with Gasteiger partial charge in [0.05, 0.1) is 36.7 Å². The summed E-state index contributed by atoms with van der Waals surface area (Å²) in [7, 11) is 0. The summed E-state index contributed by atoms with van der Waals surface area (Å²) in [6.45, 7) is 3.96. The lowest BCUT2D eigenvalue weighted by Gasteiger charge is -2.22. The second kappa shape index (κ2) is 7.92. The van der Waals surface area contributed by atoms with Crippen molar-refractivity contribution >= 4 is 11.6 Å². The topological polar surface area (TPSA) is 78.3 Å². The fourth-order valence-electron chi connectivity index (χ4n) is 2.64. The molecule has 1 amide bonds. The van der Waals surface area contributed by atoms with Gasteiger partial charge in [-0.25, -0.2) is 4.98 Å². The zero-order valence-electron chi connectivity index (χ0n) is 13.8. The minimum absolute atomic E-state index is 0.206. The van der Waals surface area contributed by atoms with E-state index in [0.717, 1.165) is 19.4 Å². The van der Waals surface area contributed by atoms with Crippen LogP contribution in [0.15, 0.2) is 30.7 Å². The average molecular weight is 330 g/mol. The Morgan fingerprint density at radius 3 is 3.04 bits per heavy atom. The Hall–Kier alpha value is -2.41. The summed E-state index contributed by atoms with van der Waals surface area (Å²) >= 11 is 0. The first kappa shape index (κ1) is 16.4. The Labute approximate surface area is 141 Å². The molecule has 0 aliphatic carbocycles. The molecular formula is C17H22N4O3. The number of carbonyl (C=O) groups is 1. The lowest BCUT2D eigenvalue weighted by atomic mass is 10.1. The van der Waals surface area contributed by atoms with Crippen LogP contribution >= 0.6 is 0 Å². The monoisotopic (exact) mass is 330 g/mol. The van der Waals surface area contributed by atoms with Crippen molar-refractivity contribution in [2.24, 2.45) is 0 Å². The summed E-state index contributed by atoms with van der Waals surface area (Å²) in [6.07, 6.45) is 8.55. The number of hydrogen-bond donors (Lipinski definition) is 1. The first-order chi connectivity index (χ1) is 11.7. The van der Waals surface area contributed by atoms with E-state index < -0.39 is 0 Å². The minimum Gasteiger partial charge on any atom is -0.478 e. The van der Waals surface area contributed by atoms with E-state index >= 15 is 0 Å². The van der Waals surface area contributed by atoms with Crippen LogP contribution < -0.4 is 10.1 Å². The average Bonchev–Trinajstić information content (AvgIpc) is 3.03. The van der Waals surface area contributed by atoms with Crippen molar-refractivity contribution < 1.29 is 14.3 Å². The summed E-state index contributed by atoms with van der Waals surface area (Å²) in [5.74, 6) is 0.286. The summed E-state index contributed by atoms with van der Waals surface area (Å²) in [5, 5.41) is 7.11. The van der Waals surface area contributed by atoms with E-state index in [9.17, 15) is 4.79 Å². The smallest absolute Gasteiger partial charge is 0.257 e. The lowest BCUT2D eigenvalue weighted by Crippen LogP contribution is -2.24. The van der Waals surface area contributed by atoms with E-state index in [4.69, 9.17) is 9.47 Å². The lowest BCUT2D eigenvalue weighted by molar-refractivity contribution is 0.00401. The van der Waals surface area contributed by atoms with Crippen LogP contribution in [0.4, 0.5) is 5.69 Å². The Morgan fingerprint density at radius 1 is 1.42 bits per heavy atom. The van der Waals surface area contributed by atoms with Gasteiger partial charge in [-0.2, -0.15) is 5.10 Å². The van der Waals surface area contributed by atoms with Crippen molar-refractivity contribution in [2.45, 2.75) is 38.8 Å². The number of hydrogen-bond acceptors (Lipinski definition) is 5. The van der Waals surface area contributed by atoms with Crippen molar-refractivity contribution in [3.05, 3.63) is 36.3 Å². The largest absolute Gasteiger partial charge is 0.478 e. The molecule has 1 N–H and O–H groups in total. The molecule has 0 aromatic carbocycles. The normalized spacial score (nSPS) is 17.5. The van der Waals surface area contributed by atoms with Gasteiger partial charge >= 0.3 is 0 Å². The van der Waals surface area contributed by atoms with Gasteiger partial charge in [-0.3, -0.25) is 9.48 Å². The van der Waals surface area contributed by atoms with E-state index in [1.807, 2.05) is 17.8 Å². The van der Waals surface area contributed by atoms with Gasteiger partial charge in [0, 0.05) is 25.1 Å². The highest BCUT2D eigenvalue weighted by atomic mass is 16.5. The van der Waals surface area contributed by atoms with Gasteiger partial charge in [0.1, 0.15) is 0 Å².